The summed E-state index contributed by atoms with van der Waals surface area (Å²) in [7, 11) is 0. The van der Waals surface area contributed by atoms with Gasteiger partial charge in [-0.1, -0.05) is 51.9 Å². The number of unbranched alkanes of at least 4 members (excludes halogenated alkanes) is 5. The second-order valence-corrected chi connectivity index (χ2v) is 5.04. The number of amides is 1. The molecule has 0 atom stereocenters. The standard InChI is InChI=1S/C14H27NO/c1-2-3-4-5-6-9-12-15-14(16)13-10-7-8-11-13/h13H,2-12H2,1H3,(H,15,16). The zero-order valence-electron chi connectivity index (χ0n) is 10.8. The molecule has 0 aliphatic heterocycles. The van der Waals surface area contributed by atoms with Crippen LogP contribution in [0.1, 0.15) is 71.1 Å². The lowest BCUT2D eigenvalue weighted by Crippen LogP contribution is -2.30. The van der Waals surface area contributed by atoms with Gasteiger partial charge in [0.05, 0.1) is 0 Å². The Morgan fingerprint density at radius 2 is 1.69 bits per heavy atom. The van der Waals surface area contributed by atoms with Crippen molar-refractivity contribution in [2.75, 3.05) is 6.54 Å². The second kappa shape index (κ2) is 8.60. The van der Waals surface area contributed by atoms with Crippen LogP contribution in [0.5, 0.6) is 0 Å². The number of hydrogen-bond donors (Lipinski definition) is 1. The molecule has 1 aliphatic rings. The average Bonchev–Trinajstić information content (AvgIpc) is 2.81. The van der Waals surface area contributed by atoms with E-state index in [1.807, 2.05) is 0 Å². The lowest BCUT2D eigenvalue weighted by atomic mass is 10.1. The van der Waals surface area contributed by atoms with Crippen LogP contribution >= 0.6 is 0 Å². The highest BCUT2D eigenvalue weighted by molar-refractivity contribution is 5.78. The molecule has 0 saturated heterocycles. The first-order valence-corrected chi connectivity index (χ1v) is 7.12. The van der Waals surface area contributed by atoms with E-state index in [0.717, 1.165) is 25.8 Å². The fourth-order valence-corrected chi connectivity index (χ4v) is 2.45. The summed E-state index contributed by atoms with van der Waals surface area (Å²) in [6.45, 7) is 3.13. The van der Waals surface area contributed by atoms with Gasteiger partial charge >= 0.3 is 0 Å². The van der Waals surface area contributed by atoms with Gasteiger partial charge in [0.1, 0.15) is 0 Å². The first-order valence-electron chi connectivity index (χ1n) is 7.12. The fourth-order valence-electron chi connectivity index (χ4n) is 2.45. The van der Waals surface area contributed by atoms with E-state index >= 15 is 0 Å². The summed E-state index contributed by atoms with van der Waals surface area (Å²) in [6, 6.07) is 0. The van der Waals surface area contributed by atoms with Gasteiger partial charge in [-0.25, -0.2) is 0 Å². The highest BCUT2D eigenvalue weighted by atomic mass is 16.1. The van der Waals surface area contributed by atoms with Crippen molar-refractivity contribution in [1.29, 1.82) is 0 Å². The summed E-state index contributed by atoms with van der Waals surface area (Å²) >= 11 is 0. The predicted octanol–water partition coefficient (Wildman–Crippen LogP) is 3.65. The Balaban J connectivity index is 1.88. The maximum absolute atomic E-state index is 11.7. The molecule has 0 unspecified atom stereocenters. The lowest BCUT2D eigenvalue weighted by Gasteiger charge is -2.09. The van der Waals surface area contributed by atoms with Crippen molar-refractivity contribution in [3.05, 3.63) is 0 Å². The van der Waals surface area contributed by atoms with Crippen LogP contribution in [0.15, 0.2) is 0 Å². The van der Waals surface area contributed by atoms with Gasteiger partial charge in [0.25, 0.3) is 0 Å². The molecule has 0 aromatic heterocycles. The van der Waals surface area contributed by atoms with Crippen molar-refractivity contribution in [1.82, 2.24) is 5.32 Å². The molecule has 1 saturated carbocycles. The molecular formula is C14H27NO. The molecule has 0 aromatic carbocycles. The summed E-state index contributed by atoms with van der Waals surface area (Å²) in [5.41, 5.74) is 0. The fraction of sp³-hybridized carbons (Fsp3) is 0.929. The lowest BCUT2D eigenvalue weighted by molar-refractivity contribution is -0.124. The zero-order chi connectivity index (χ0) is 11.6. The maximum atomic E-state index is 11.7. The molecule has 2 nitrogen and oxygen atoms in total. The van der Waals surface area contributed by atoms with Crippen molar-refractivity contribution in [2.24, 2.45) is 5.92 Å². The Bertz CT molecular complexity index is 185. The van der Waals surface area contributed by atoms with Gasteiger partial charge < -0.3 is 5.32 Å². The molecule has 1 rings (SSSR count). The molecule has 0 bridgehead atoms. The molecule has 0 heterocycles. The number of carbonyl (C=O) groups is 1. The summed E-state index contributed by atoms with van der Waals surface area (Å²) < 4.78 is 0. The highest BCUT2D eigenvalue weighted by Crippen LogP contribution is 2.24. The highest BCUT2D eigenvalue weighted by Gasteiger charge is 2.21. The van der Waals surface area contributed by atoms with Gasteiger partial charge in [0.2, 0.25) is 5.91 Å². The molecule has 1 amide bonds. The SMILES string of the molecule is CCCCCCCCNC(=O)C1CCCC1. The van der Waals surface area contributed by atoms with Crippen LogP contribution in [0.3, 0.4) is 0 Å². The number of hydrogen-bond acceptors (Lipinski definition) is 1. The van der Waals surface area contributed by atoms with Gasteiger partial charge in [0, 0.05) is 12.5 Å². The van der Waals surface area contributed by atoms with Crippen LogP contribution in [0.25, 0.3) is 0 Å². The first-order chi connectivity index (χ1) is 7.84. The quantitative estimate of drug-likeness (QED) is 0.628. The van der Waals surface area contributed by atoms with E-state index in [0.29, 0.717) is 11.8 Å². The minimum atomic E-state index is 0.311. The Hall–Kier alpha value is -0.530. The summed E-state index contributed by atoms with van der Waals surface area (Å²) in [5, 5.41) is 3.08. The monoisotopic (exact) mass is 225 g/mol. The smallest absolute Gasteiger partial charge is 0.223 e. The van der Waals surface area contributed by atoms with E-state index in [1.165, 1.54) is 44.9 Å². The van der Waals surface area contributed by atoms with E-state index in [1.54, 1.807) is 0 Å². The van der Waals surface area contributed by atoms with Crippen molar-refractivity contribution in [3.63, 3.8) is 0 Å². The van der Waals surface area contributed by atoms with Gasteiger partial charge in [-0.2, -0.15) is 0 Å². The molecule has 1 fully saturated rings. The molecule has 0 spiro atoms. The minimum Gasteiger partial charge on any atom is -0.356 e. The summed E-state index contributed by atoms with van der Waals surface area (Å²) in [5.74, 6) is 0.645. The van der Waals surface area contributed by atoms with Crippen LogP contribution in [-0.2, 0) is 4.79 Å². The molecule has 16 heavy (non-hydrogen) atoms. The second-order valence-electron chi connectivity index (χ2n) is 5.04. The Kier molecular flexibility index (Phi) is 7.28. The van der Waals surface area contributed by atoms with Crippen LogP contribution in [0.2, 0.25) is 0 Å². The van der Waals surface area contributed by atoms with E-state index in [9.17, 15) is 4.79 Å². The van der Waals surface area contributed by atoms with Crippen molar-refractivity contribution >= 4 is 5.91 Å². The van der Waals surface area contributed by atoms with Crippen molar-refractivity contribution in [3.8, 4) is 0 Å². The van der Waals surface area contributed by atoms with Crippen molar-refractivity contribution in [2.45, 2.75) is 71.1 Å². The normalized spacial score (nSPS) is 16.6. The summed E-state index contributed by atoms with van der Waals surface area (Å²) in [4.78, 5) is 11.7. The zero-order valence-corrected chi connectivity index (χ0v) is 10.8. The number of rotatable bonds is 8. The van der Waals surface area contributed by atoms with Gasteiger partial charge in [-0.15, -0.1) is 0 Å². The molecule has 1 N–H and O–H groups in total. The maximum Gasteiger partial charge on any atom is 0.223 e. The Morgan fingerprint density at radius 3 is 2.38 bits per heavy atom. The van der Waals surface area contributed by atoms with Crippen LogP contribution in [0.4, 0.5) is 0 Å². The molecule has 0 aromatic rings. The number of carbonyl (C=O) groups excluding carboxylic acids is 1. The molecule has 0 radical (unpaired) electrons. The third-order valence-corrected chi connectivity index (χ3v) is 3.56. The van der Waals surface area contributed by atoms with E-state index in [2.05, 4.69) is 12.2 Å². The van der Waals surface area contributed by atoms with Crippen LogP contribution < -0.4 is 5.32 Å². The minimum absolute atomic E-state index is 0.311. The molecule has 94 valence electrons. The average molecular weight is 225 g/mol. The third-order valence-electron chi connectivity index (χ3n) is 3.56. The third kappa shape index (κ3) is 5.53. The van der Waals surface area contributed by atoms with Gasteiger partial charge in [-0.05, 0) is 19.3 Å². The van der Waals surface area contributed by atoms with E-state index < -0.39 is 0 Å². The predicted molar refractivity (Wildman–Crippen MR) is 68.3 cm³/mol. The first kappa shape index (κ1) is 13.5. The number of nitrogens with one attached hydrogen (secondary N) is 1. The van der Waals surface area contributed by atoms with Crippen molar-refractivity contribution < 1.29 is 4.79 Å². The topological polar surface area (TPSA) is 29.1 Å². The molecule has 1 aliphatic carbocycles. The Labute approximate surface area is 100 Å². The van der Waals surface area contributed by atoms with E-state index in [4.69, 9.17) is 0 Å². The van der Waals surface area contributed by atoms with Crippen LogP contribution in [-0.4, -0.2) is 12.5 Å². The summed E-state index contributed by atoms with van der Waals surface area (Å²) in [6.07, 6.45) is 12.5. The van der Waals surface area contributed by atoms with Gasteiger partial charge in [0.15, 0.2) is 0 Å². The van der Waals surface area contributed by atoms with Gasteiger partial charge in [-0.3, -0.25) is 4.79 Å². The van der Waals surface area contributed by atoms with Crippen LogP contribution in [0, 0.1) is 5.92 Å². The molecule has 2 heteroatoms. The molecular weight excluding hydrogens is 198 g/mol. The van der Waals surface area contributed by atoms with E-state index in [-0.39, 0.29) is 0 Å². The largest absolute Gasteiger partial charge is 0.356 e. The Morgan fingerprint density at radius 1 is 1.06 bits per heavy atom.